The van der Waals surface area contributed by atoms with Crippen molar-refractivity contribution < 1.29 is 0 Å². The maximum absolute atomic E-state index is 3.57. The molecule has 2 nitrogen and oxygen atoms in total. The summed E-state index contributed by atoms with van der Waals surface area (Å²) in [6.07, 6.45) is 2.56. The van der Waals surface area contributed by atoms with Gasteiger partial charge >= 0.3 is 0 Å². The van der Waals surface area contributed by atoms with E-state index in [1.165, 1.54) is 31.5 Å². The van der Waals surface area contributed by atoms with E-state index in [0.717, 1.165) is 5.92 Å². The van der Waals surface area contributed by atoms with Gasteiger partial charge in [0, 0.05) is 19.1 Å². The molecule has 2 heteroatoms. The summed E-state index contributed by atoms with van der Waals surface area (Å²) in [4.78, 5) is 0. The zero-order valence-electron chi connectivity index (χ0n) is 8.32. The Balaban J connectivity index is 1.69. The monoisotopic (exact) mass is 188 g/mol. The summed E-state index contributed by atoms with van der Waals surface area (Å²) < 4.78 is 0. The van der Waals surface area contributed by atoms with Crippen molar-refractivity contribution in [3.05, 3.63) is 35.9 Å². The van der Waals surface area contributed by atoms with E-state index < -0.39 is 0 Å². The van der Waals surface area contributed by atoms with Gasteiger partial charge in [-0.25, -0.2) is 5.01 Å². The molecule has 2 saturated heterocycles. The fourth-order valence-electron chi connectivity index (χ4n) is 2.65. The molecule has 0 saturated carbocycles. The first-order chi connectivity index (χ1) is 6.92. The SMILES string of the molecule is c1ccc(CC2NN3CCC2C3)cc1. The number of hydrogen-bond donors (Lipinski definition) is 1. The molecule has 3 unspecified atom stereocenters. The molecule has 0 aliphatic carbocycles. The van der Waals surface area contributed by atoms with Gasteiger partial charge in [0.05, 0.1) is 0 Å². The Bertz CT molecular complexity index is 309. The van der Waals surface area contributed by atoms with Crippen LogP contribution in [0.3, 0.4) is 0 Å². The van der Waals surface area contributed by atoms with E-state index in [1.54, 1.807) is 0 Å². The predicted octanol–water partition coefficient (Wildman–Crippen LogP) is 1.44. The van der Waals surface area contributed by atoms with Crippen LogP contribution >= 0.6 is 0 Å². The van der Waals surface area contributed by atoms with Gasteiger partial charge in [0.1, 0.15) is 0 Å². The van der Waals surface area contributed by atoms with Gasteiger partial charge in [0.15, 0.2) is 0 Å². The van der Waals surface area contributed by atoms with Crippen LogP contribution in [-0.2, 0) is 6.42 Å². The van der Waals surface area contributed by atoms with Gasteiger partial charge in [-0.2, -0.15) is 0 Å². The number of fused-ring (bicyclic) bond motifs is 2. The van der Waals surface area contributed by atoms with Crippen LogP contribution in [0, 0.1) is 5.92 Å². The third kappa shape index (κ3) is 1.45. The summed E-state index contributed by atoms with van der Waals surface area (Å²) in [5, 5.41) is 2.37. The molecular weight excluding hydrogens is 172 g/mol. The minimum Gasteiger partial charge on any atom is -0.251 e. The number of rotatable bonds is 2. The molecule has 0 aromatic heterocycles. The maximum atomic E-state index is 3.57. The van der Waals surface area contributed by atoms with Crippen molar-refractivity contribution in [3.63, 3.8) is 0 Å². The number of hydrazine groups is 1. The lowest BCUT2D eigenvalue weighted by Gasteiger charge is -2.23. The highest BCUT2D eigenvalue weighted by atomic mass is 15.6. The van der Waals surface area contributed by atoms with E-state index in [1.807, 2.05) is 0 Å². The quantitative estimate of drug-likeness (QED) is 0.755. The number of nitrogens with zero attached hydrogens (tertiary/aromatic N) is 1. The van der Waals surface area contributed by atoms with E-state index in [9.17, 15) is 0 Å². The molecular formula is C12H16N2. The van der Waals surface area contributed by atoms with Crippen molar-refractivity contribution in [3.8, 4) is 0 Å². The Morgan fingerprint density at radius 3 is 2.79 bits per heavy atom. The second kappa shape index (κ2) is 3.37. The van der Waals surface area contributed by atoms with Crippen LogP contribution in [0.2, 0.25) is 0 Å². The second-order valence-electron chi connectivity index (χ2n) is 4.42. The van der Waals surface area contributed by atoms with Crippen LogP contribution in [0.4, 0.5) is 0 Å². The molecule has 0 amide bonds. The summed E-state index contributed by atoms with van der Waals surface area (Å²) >= 11 is 0. The molecule has 14 heavy (non-hydrogen) atoms. The molecule has 1 aromatic carbocycles. The molecule has 2 fully saturated rings. The minimum atomic E-state index is 0.686. The van der Waals surface area contributed by atoms with Crippen LogP contribution in [0.15, 0.2) is 30.3 Å². The number of hydrogen-bond acceptors (Lipinski definition) is 2. The maximum Gasteiger partial charge on any atom is 0.0297 e. The molecule has 2 heterocycles. The first-order valence-electron chi connectivity index (χ1n) is 5.47. The van der Waals surface area contributed by atoms with Crippen molar-refractivity contribution in [2.75, 3.05) is 13.1 Å². The highest BCUT2D eigenvalue weighted by molar-refractivity contribution is 5.16. The molecule has 0 spiro atoms. The molecule has 3 rings (SSSR count). The van der Waals surface area contributed by atoms with Crippen LogP contribution in [0.5, 0.6) is 0 Å². The Morgan fingerprint density at radius 1 is 1.29 bits per heavy atom. The van der Waals surface area contributed by atoms with Crippen molar-refractivity contribution in [1.82, 2.24) is 10.4 Å². The van der Waals surface area contributed by atoms with Gasteiger partial charge in [0.2, 0.25) is 0 Å². The fourth-order valence-corrected chi connectivity index (χ4v) is 2.65. The topological polar surface area (TPSA) is 15.3 Å². The average Bonchev–Trinajstić information content (AvgIpc) is 2.81. The van der Waals surface area contributed by atoms with Gasteiger partial charge in [-0.15, -0.1) is 0 Å². The Labute approximate surface area is 84.9 Å². The van der Waals surface area contributed by atoms with Gasteiger partial charge < -0.3 is 0 Å². The molecule has 0 radical (unpaired) electrons. The lowest BCUT2D eigenvalue weighted by molar-refractivity contribution is 0.227. The molecule has 74 valence electrons. The van der Waals surface area contributed by atoms with Crippen LogP contribution in [-0.4, -0.2) is 24.1 Å². The van der Waals surface area contributed by atoms with E-state index in [-0.39, 0.29) is 0 Å². The Hall–Kier alpha value is -0.860. The average molecular weight is 188 g/mol. The first-order valence-corrected chi connectivity index (χ1v) is 5.47. The fraction of sp³-hybridized carbons (Fsp3) is 0.500. The second-order valence-corrected chi connectivity index (χ2v) is 4.42. The zero-order valence-corrected chi connectivity index (χ0v) is 8.32. The van der Waals surface area contributed by atoms with Crippen LogP contribution < -0.4 is 5.43 Å². The summed E-state index contributed by atoms with van der Waals surface area (Å²) in [6.45, 7) is 2.51. The lowest BCUT2D eigenvalue weighted by atomic mass is 9.94. The summed E-state index contributed by atoms with van der Waals surface area (Å²) in [5.41, 5.74) is 5.03. The van der Waals surface area contributed by atoms with E-state index >= 15 is 0 Å². The summed E-state index contributed by atoms with van der Waals surface area (Å²) in [6, 6.07) is 11.5. The first kappa shape index (κ1) is 8.45. The molecule has 2 bridgehead atoms. The zero-order chi connectivity index (χ0) is 9.38. The molecule has 1 N–H and O–H groups in total. The van der Waals surface area contributed by atoms with Gasteiger partial charge in [-0.1, -0.05) is 30.3 Å². The predicted molar refractivity (Wildman–Crippen MR) is 56.7 cm³/mol. The third-order valence-corrected chi connectivity index (χ3v) is 3.44. The van der Waals surface area contributed by atoms with E-state index in [4.69, 9.17) is 0 Å². The van der Waals surface area contributed by atoms with Gasteiger partial charge in [-0.3, -0.25) is 5.43 Å². The van der Waals surface area contributed by atoms with Crippen molar-refractivity contribution in [2.24, 2.45) is 5.92 Å². The molecule has 1 aromatic rings. The van der Waals surface area contributed by atoms with Gasteiger partial charge in [-0.05, 0) is 24.3 Å². The molecule has 3 atom stereocenters. The Morgan fingerprint density at radius 2 is 2.14 bits per heavy atom. The number of nitrogens with one attached hydrogen (secondary N) is 1. The highest BCUT2D eigenvalue weighted by Crippen LogP contribution is 2.27. The summed E-state index contributed by atoms with van der Waals surface area (Å²) in [7, 11) is 0. The lowest BCUT2D eigenvalue weighted by Crippen LogP contribution is -2.41. The number of benzene rings is 1. The molecule has 2 aliphatic heterocycles. The molecule has 2 aliphatic rings. The van der Waals surface area contributed by atoms with Crippen molar-refractivity contribution in [2.45, 2.75) is 18.9 Å². The third-order valence-electron chi connectivity index (χ3n) is 3.44. The minimum absolute atomic E-state index is 0.686. The van der Waals surface area contributed by atoms with Crippen LogP contribution in [0.1, 0.15) is 12.0 Å². The van der Waals surface area contributed by atoms with Crippen molar-refractivity contribution in [1.29, 1.82) is 0 Å². The summed E-state index contributed by atoms with van der Waals surface area (Å²) in [5.74, 6) is 0.884. The van der Waals surface area contributed by atoms with Crippen molar-refractivity contribution >= 4 is 0 Å². The smallest absolute Gasteiger partial charge is 0.0297 e. The Kier molecular flexibility index (Phi) is 2.03. The van der Waals surface area contributed by atoms with E-state index in [2.05, 4.69) is 40.8 Å². The van der Waals surface area contributed by atoms with E-state index in [0.29, 0.717) is 6.04 Å². The standard InChI is InChI=1S/C12H16N2/c1-2-4-10(5-3-1)8-12-11-6-7-14(9-11)13-12/h1-5,11-13H,6-9H2. The van der Waals surface area contributed by atoms with Gasteiger partial charge in [0.25, 0.3) is 0 Å². The highest BCUT2D eigenvalue weighted by Gasteiger charge is 2.37. The van der Waals surface area contributed by atoms with Crippen LogP contribution in [0.25, 0.3) is 0 Å². The normalized spacial score (nSPS) is 35.0. The largest absolute Gasteiger partial charge is 0.251 e.